The van der Waals surface area contributed by atoms with E-state index in [4.69, 9.17) is 0 Å². The van der Waals surface area contributed by atoms with E-state index in [2.05, 4.69) is 79.5 Å². The van der Waals surface area contributed by atoms with Crippen molar-refractivity contribution in [2.24, 2.45) is 0 Å². The number of H-pyrrole nitrogens is 1. The zero-order chi connectivity index (χ0) is 14.9. The minimum Gasteiger partial charge on any atom is -0.355 e. The predicted molar refractivity (Wildman–Crippen MR) is 92.8 cm³/mol. The van der Waals surface area contributed by atoms with Crippen molar-refractivity contribution in [3.05, 3.63) is 72.3 Å². The lowest BCUT2D eigenvalue weighted by Crippen LogP contribution is -2.13. The van der Waals surface area contributed by atoms with Gasteiger partial charge in [-0.1, -0.05) is 68.5 Å². The summed E-state index contributed by atoms with van der Waals surface area (Å²) in [4.78, 5) is 3.52. The lowest BCUT2D eigenvalue weighted by atomic mass is 9.84. The molecular formula is C20H21N. The molecule has 0 unspecified atom stereocenters. The number of hydrogen-bond donors (Lipinski definition) is 1. The van der Waals surface area contributed by atoms with E-state index in [-0.39, 0.29) is 5.41 Å². The van der Waals surface area contributed by atoms with Crippen LogP contribution in [0.15, 0.2) is 66.8 Å². The molecule has 1 N–H and O–H groups in total. The summed E-state index contributed by atoms with van der Waals surface area (Å²) in [7, 11) is 0. The molecule has 1 heteroatoms. The number of nitrogens with one attached hydrogen (secondary N) is 1. The van der Waals surface area contributed by atoms with Crippen LogP contribution in [0.2, 0.25) is 0 Å². The molecule has 1 aromatic heterocycles. The average Bonchev–Trinajstić information content (AvgIpc) is 2.85. The van der Waals surface area contributed by atoms with Crippen molar-refractivity contribution in [3.63, 3.8) is 0 Å². The van der Waals surface area contributed by atoms with E-state index in [1.165, 1.54) is 27.4 Å². The molecule has 0 aliphatic carbocycles. The highest BCUT2D eigenvalue weighted by Crippen LogP contribution is 2.31. The summed E-state index contributed by atoms with van der Waals surface area (Å²) in [5, 5.41) is 2.59. The zero-order valence-corrected chi connectivity index (χ0v) is 12.9. The number of benzene rings is 2. The Hall–Kier alpha value is -2.28. The van der Waals surface area contributed by atoms with Gasteiger partial charge in [-0.2, -0.15) is 0 Å². The normalized spacial score (nSPS) is 13.1. The smallest absolute Gasteiger partial charge is 0.0467 e. The van der Waals surface area contributed by atoms with E-state index >= 15 is 0 Å². The maximum atomic E-state index is 3.52. The van der Waals surface area contributed by atoms with Crippen molar-refractivity contribution in [1.82, 2.24) is 4.98 Å². The number of aromatic amines is 1. The van der Waals surface area contributed by atoms with Gasteiger partial charge in [-0.25, -0.2) is 0 Å². The van der Waals surface area contributed by atoms with Gasteiger partial charge in [0.05, 0.1) is 0 Å². The summed E-state index contributed by atoms with van der Waals surface area (Å²) in [6.07, 6.45) is 8.49. The lowest BCUT2D eigenvalue weighted by Gasteiger charge is -2.20. The van der Waals surface area contributed by atoms with Gasteiger partial charge < -0.3 is 4.98 Å². The van der Waals surface area contributed by atoms with Gasteiger partial charge in [0.1, 0.15) is 0 Å². The molecule has 0 fully saturated rings. The van der Waals surface area contributed by atoms with Crippen molar-refractivity contribution in [3.8, 4) is 0 Å². The molecule has 1 heterocycles. The first-order chi connectivity index (χ1) is 10.1. The van der Waals surface area contributed by atoms with Crippen LogP contribution in [0.3, 0.4) is 0 Å². The van der Waals surface area contributed by atoms with Gasteiger partial charge in [0.15, 0.2) is 0 Å². The topological polar surface area (TPSA) is 15.8 Å². The highest BCUT2D eigenvalue weighted by Gasteiger charge is 2.17. The standard InChI is InChI=1S/C20H21N/c1-4-5-8-13-20(2,3)15-11-12-17-16-9-6-7-10-18(16)21-19(17)14-15/h4-14,21H,1-3H3/b5-4-,13-8-. The molecular weight excluding hydrogens is 254 g/mol. The molecule has 3 rings (SSSR count). The van der Waals surface area contributed by atoms with E-state index in [1.807, 2.05) is 13.0 Å². The van der Waals surface area contributed by atoms with Crippen LogP contribution >= 0.6 is 0 Å². The molecule has 0 saturated carbocycles. The zero-order valence-electron chi connectivity index (χ0n) is 12.9. The lowest BCUT2D eigenvalue weighted by molar-refractivity contribution is 0.671. The van der Waals surface area contributed by atoms with Crippen molar-refractivity contribution in [2.45, 2.75) is 26.2 Å². The number of fused-ring (bicyclic) bond motifs is 3. The Kier molecular flexibility index (Phi) is 3.42. The molecule has 0 saturated heterocycles. The minimum absolute atomic E-state index is 0.0188. The van der Waals surface area contributed by atoms with Crippen molar-refractivity contribution >= 4 is 21.8 Å². The summed E-state index contributed by atoms with van der Waals surface area (Å²) in [6, 6.07) is 15.2. The van der Waals surface area contributed by atoms with Crippen LogP contribution < -0.4 is 0 Å². The second kappa shape index (κ2) is 5.25. The molecule has 0 bridgehead atoms. The summed E-state index contributed by atoms with van der Waals surface area (Å²) < 4.78 is 0. The Labute approximate surface area is 126 Å². The SMILES string of the molecule is C/C=C\C=C/C(C)(C)c1ccc2c(c1)[nH]c1ccccc12. The summed E-state index contributed by atoms with van der Waals surface area (Å²) in [5.74, 6) is 0. The quantitative estimate of drug-likeness (QED) is 0.587. The van der Waals surface area contributed by atoms with Crippen molar-refractivity contribution in [2.75, 3.05) is 0 Å². The highest BCUT2D eigenvalue weighted by molar-refractivity contribution is 6.07. The van der Waals surface area contributed by atoms with Crippen LogP contribution in [0.1, 0.15) is 26.3 Å². The van der Waals surface area contributed by atoms with E-state index in [9.17, 15) is 0 Å². The molecule has 2 aromatic carbocycles. The van der Waals surface area contributed by atoms with E-state index in [1.54, 1.807) is 0 Å². The molecule has 0 spiro atoms. The molecule has 21 heavy (non-hydrogen) atoms. The third-order valence-corrected chi connectivity index (χ3v) is 4.07. The van der Waals surface area contributed by atoms with Gasteiger partial charge in [-0.3, -0.25) is 0 Å². The minimum atomic E-state index is 0.0188. The van der Waals surface area contributed by atoms with Crippen LogP contribution in [-0.2, 0) is 5.41 Å². The van der Waals surface area contributed by atoms with Crippen LogP contribution in [0.25, 0.3) is 21.8 Å². The average molecular weight is 275 g/mol. The fraction of sp³-hybridized carbons (Fsp3) is 0.200. The van der Waals surface area contributed by atoms with Gasteiger partial charge in [-0.05, 0) is 24.6 Å². The van der Waals surface area contributed by atoms with E-state index < -0.39 is 0 Å². The number of allylic oxidation sites excluding steroid dienone is 4. The van der Waals surface area contributed by atoms with E-state index in [0.717, 1.165) is 0 Å². The second-order valence-electron chi connectivity index (χ2n) is 6.04. The first-order valence-corrected chi connectivity index (χ1v) is 7.43. The monoisotopic (exact) mass is 275 g/mol. The number of para-hydroxylation sites is 1. The molecule has 0 atom stereocenters. The maximum Gasteiger partial charge on any atom is 0.0467 e. The number of aromatic nitrogens is 1. The Morgan fingerprint density at radius 3 is 2.48 bits per heavy atom. The van der Waals surface area contributed by atoms with Crippen molar-refractivity contribution < 1.29 is 0 Å². The number of hydrogen-bond acceptors (Lipinski definition) is 0. The van der Waals surface area contributed by atoms with Gasteiger partial charge in [0.25, 0.3) is 0 Å². The first kappa shape index (κ1) is 13.7. The van der Waals surface area contributed by atoms with Crippen molar-refractivity contribution in [1.29, 1.82) is 0 Å². The third kappa shape index (κ3) is 2.52. The highest BCUT2D eigenvalue weighted by atomic mass is 14.7. The van der Waals surface area contributed by atoms with Gasteiger partial charge in [0.2, 0.25) is 0 Å². The van der Waals surface area contributed by atoms with Gasteiger partial charge in [-0.15, -0.1) is 0 Å². The fourth-order valence-electron chi connectivity index (χ4n) is 2.76. The molecule has 106 valence electrons. The Bertz CT molecular complexity index is 831. The van der Waals surface area contributed by atoms with Gasteiger partial charge in [0, 0.05) is 27.2 Å². The van der Waals surface area contributed by atoms with Crippen LogP contribution in [0.5, 0.6) is 0 Å². The second-order valence-corrected chi connectivity index (χ2v) is 6.04. The largest absolute Gasteiger partial charge is 0.355 e. The fourth-order valence-corrected chi connectivity index (χ4v) is 2.76. The van der Waals surface area contributed by atoms with Crippen LogP contribution in [0.4, 0.5) is 0 Å². The summed E-state index contributed by atoms with van der Waals surface area (Å²) >= 11 is 0. The molecule has 1 nitrogen and oxygen atoms in total. The maximum absolute atomic E-state index is 3.52. The molecule has 0 radical (unpaired) electrons. The summed E-state index contributed by atoms with van der Waals surface area (Å²) in [6.45, 7) is 6.53. The molecule has 0 aliphatic rings. The predicted octanol–water partition coefficient (Wildman–Crippen LogP) is 5.73. The van der Waals surface area contributed by atoms with Gasteiger partial charge >= 0.3 is 0 Å². The Morgan fingerprint density at radius 2 is 1.67 bits per heavy atom. The van der Waals surface area contributed by atoms with Crippen LogP contribution in [-0.4, -0.2) is 4.98 Å². The van der Waals surface area contributed by atoms with E-state index in [0.29, 0.717) is 0 Å². The number of rotatable bonds is 3. The molecule has 3 aromatic rings. The first-order valence-electron chi connectivity index (χ1n) is 7.43. The Morgan fingerprint density at radius 1 is 0.905 bits per heavy atom. The van der Waals surface area contributed by atoms with Crippen LogP contribution in [0, 0.1) is 0 Å². The molecule has 0 aliphatic heterocycles. The molecule has 0 amide bonds. The Balaban J connectivity index is 2.10. The third-order valence-electron chi connectivity index (χ3n) is 4.07. The summed E-state index contributed by atoms with van der Waals surface area (Å²) in [5.41, 5.74) is 3.75.